The average molecular weight is 284 g/mol. The van der Waals surface area contributed by atoms with Crippen molar-refractivity contribution in [2.75, 3.05) is 11.9 Å². The number of carbonyl (C=O) groups excluding carboxylic acids is 1. The normalized spacial score (nSPS) is 13.4. The lowest BCUT2D eigenvalue weighted by Crippen LogP contribution is -2.43. The number of urea groups is 1. The van der Waals surface area contributed by atoms with E-state index in [1.54, 1.807) is 0 Å². The summed E-state index contributed by atoms with van der Waals surface area (Å²) in [4.78, 5) is 22.1. The van der Waals surface area contributed by atoms with Gasteiger partial charge in [0, 0.05) is 17.8 Å². The number of aliphatic hydroxyl groups is 1. The second kappa shape index (κ2) is 6.33. The highest BCUT2D eigenvalue weighted by Crippen LogP contribution is 2.17. The van der Waals surface area contributed by atoms with Crippen molar-refractivity contribution in [1.82, 2.24) is 5.32 Å². The van der Waals surface area contributed by atoms with Crippen molar-refractivity contribution in [2.45, 2.75) is 25.9 Å². The number of benzene rings is 1. The molecule has 0 fully saturated rings. The highest BCUT2D eigenvalue weighted by molar-refractivity contribution is 5.90. The Morgan fingerprint density at radius 3 is 2.65 bits per heavy atom. The van der Waals surface area contributed by atoms with E-state index in [-0.39, 0.29) is 6.54 Å². The first-order valence-corrected chi connectivity index (χ1v) is 5.95. The molecule has 6 nitrogen and oxygen atoms in total. The summed E-state index contributed by atoms with van der Waals surface area (Å²) in [6.07, 6.45) is -0.494. The number of hydrogen-bond donors (Lipinski definition) is 4. The van der Waals surface area contributed by atoms with E-state index in [1.807, 2.05) is 0 Å². The van der Waals surface area contributed by atoms with Gasteiger partial charge >= 0.3 is 12.0 Å². The monoisotopic (exact) mass is 284 g/mol. The smallest absolute Gasteiger partial charge is 0.319 e. The summed E-state index contributed by atoms with van der Waals surface area (Å²) in [5.74, 6) is -1.61. The molecule has 1 unspecified atom stereocenters. The molecule has 0 heterocycles. The molecule has 0 aliphatic rings. The van der Waals surface area contributed by atoms with Gasteiger partial charge < -0.3 is 20.8 Å². The molecule has 4 N–H and O–H groups in total. The molecule has 1 rings (SSSR count). The summed E-state index contributed by atoms with van der Waals surface area (Å²) in [7, 11) is 0. The first-order chi connectivity index (χ1) is 9.21. The van der Waals surface area contributed by atoms with Crippen LogP contribution in [-0.4, -0.2) is 34.4 Å². The Balaban J connectivity index is 2.56. The maximum atomic E-state index is 13.3. The maximum absolute atomic E-state index is 13.3. The molecule has 0 aliphatic carbocycles. The number of aliphatic carboxylic acids is 1. The van der Waals surface area contributed by atoms with Crippen molar-refractivity contribution in [3.8, 4) is 0 Å². The SMILES string of the molecule is Cc1c(F)cccc1NC(=O)NCC(C)(O)CC(=O)O. The lowest BCUT2D eigenvalue weighted by Gasteiger charge is -2.21. The van der Waals surface area contributed by atoms with Crippen LogP contribution in [0.1, 0.15) is 18.9 Å². The van der Waals surface area contributed by atoms with Gasteiger partial charge in [-0.1, -0.05) is 6.07 Å². The first kappa shape index (κ1) is 15.9. The Labute approximate surface area is 115 Å². The van der Waals surface area contributed by atoms with Crippen molar-refractivity contribution >= 4 is 17.7 Å². The summed E-state index contributed by atoms with van der Waals surface area (Å²) >= 11 is 0. The summed E-state index contributed by atoms with van der Waals surface area (Å²) < 4.78 is 13.3. The van der Waals surface area contributed by atoms with Gasteiger partial charge in [-0.3, -0.25) is 4.79 Å². The lowest BCUT2D eigenvalue weighted by molar-refractivity contribution is -0.141. The summed E-state index contributed by atoms with van der Waals surface area (Å²) in [6.45, 7) is 2.58. The molecule has 1 atom stereocenters. The molecular weight excluding hydrogens is 267 g/mol. The van der Waals surface area contributed by atoms with Crippen LogP contribution in [0, 0.1) is 12.7 Å². The summed E-state index contributed by atoms with van der Waals surface area (Å²) in [5, 5.41) is 23.1. The van der Waals surface area contributed by atoms with Crippen LogP contribution in [0.3, 0.4) is 0 Å². The molecule has 0 saturated heterocycles. The fourth-order valence-electron chi connectivity index (χ4n) is 1.57. The van der Waals surface area contributed by atoms with Crippen LogP contribution in [0.15, 0.2) is 18.2 Å². The van der Waals surface area contributed by atoms with E-state index < -0.39 is 29.8 Å². The van der Waals surface area contributed by atoms with E-state index in [1.165, 1.54) is 32.0 Å². The van der Waals surface area contributed by atoms with E-state index in [4.69, 9.17) is 5.11 Å². The van der Waals surface area contributed by atoms with Crippen LogP contribution in [-0.2, 0) is 4.79 Å². The minimum absolute atomic E-state index is 0.237. The third-order valence-corrected chi connectivity index (χ3v) is 2.68. The molecule has 0 aliphatic heterocycles. The molecule has 20 heavy (non-hydrogen) atoms. The van der Waals surface area contributed by atoms with Crippen LogP contribution in [0.25, 0.3) is 0 Å². The molecular formula is C13H17FN2O4. The third-order valence-electron chi connectivity index (χ3n) is 2.68. The van der Waals surface area contributed by atoms with Crippen LogP contribution >= 0.6 is 0 Å². The quantitative estimate of drug-likeness (QED) is 0.658. The van der Waals surface area contributed by atoms with E-state index in [9.17, 15) is 19.1 Å². The Hall–Kier alpha value is -2.15. The average Bonchev–Trinajstić information content (AvgIpc) is 2.31. The van der Waals surface area contributed by atoms with Gasteiger partial charge in [-0.2, -0.15) is 0 Å². The Kier molecular flexibility index (Phi) is 5.04. The standard InChI is InChI=1S/C13H17FN2O4/c1-8-9(14)4-3-5-10(8)16-12(19)15-7-13(2,20)6-11(17)18/h3-5,20H,6-7H2,1-2H3,(H,17,18)(H2,15,16,19). The molecule has 1 aromatic carbocycles. The zero-order valence-electron chi connectivity index (χ0n) is 11.2. The van der Waals surface area contributed by atoms with Gasteiger partial charge in [0.2, 0.25) is 0 Å². The minimum atomic E-state index is -1.56. The second-order valence-corrected chi connectivity index (χ2v) is 4.79. The second-order valence-electron chi connectivity index (χ2n) is 4.79. The number of halogens is 1. The Morgan fingerprint density at radius 2 is 2.05 bits per heavy atom. The molecule has 1 aromatic rings. The topological polar surface area (TPSA) is 98.7 Å². The van der Waals surface area contributed by atoms with Crippen LogP contribution in [0.2, 0.25) is 0 Å². The predicted molar refractivity (Wildman–Crippen MR) is 71.0 cm³/mol. The van der Waals surface area contributed by atoms with E-state index in [2.05, 4.69) is 10.6 Å². The minimum Gasteiger partial charge on any atom is -0.481 e. The van der Waals surface area contributed by atoms with E-state index in [0.717, 1.165) is 0 Å². The summed E-state index contributed by atoms with van der Waals surface area (Å²) in [6, 6.07) is 3.62. The van der Waals surface area contributed by atoms with Crippen LogP contribution in [0.5, 0.6) is 0 Å². The number of anilines is 1. The van der Waals surface area contributed by atoms with Gasteiger partial charge in [0.15, 0.2) is 0 Å². The molecule has 0 bridgehead atoms. The van der Waals surface area contributed by atoms with Crippen molar-refractivity contribution in [3.63, 3.8) is 0 Å². The number of rotatable bonds is 5. The number of amides is 2. The van der Waals surface area contributed by atoms with Gasteiger partial charge in [0.25, 0.3) is 0 Å². The fourth-order valence-corrected chi connectivity index (χ4v) is 1.57. The van der Waals surface area contributed by atoms with E-state index in [0.29, 0.717) is 11.3 Å². The number of nitrogens with one attached hydrogen (secondary N) is 2. The molecule has 0 spiro atoms. The van der Waals surface area contributed by atoms with Gasteiger partial charge in [0.05, 0.1) is 12.0 Å². The van der Waals surface area contributed by atoms with E-state index >= 15 is 0 Å². The highest BCUT2D eigenvalue weighted by Gasteiger charge is 2.24. The first-order valence-electron chi connectivity index (χ1n) is 5.95. The number of carboxylic acid groups (broad SMARTS) is 1. The van der Waals surface area contributed by atoms with Crippen molar-refractivity contribution in [2.24, 2.45) is 0 Å². The Morgan fingerprint density at radius 1 is 1.40 bits per heavy atom. The molecule has 110 valence electrons. The number of carbonyl (C=O) groups is 2. The Bertz CT molecular complexity index is 517. The zero-order chi connectivity index (χ0) is 15.3. The molecule has 0 radical (unpaired) electrons. The highest BCUT2D eigenvalue weighted by atomic mass is 19.1. The zero-order valence-corrected chi connectivity index (χ0v) is 11.2. The van der Waals surface area contributed by atoms with Gasteiger partial charge in [-0.15, -0.1) is 0 Å². The third kappa shape index (κ3) is 4.85. The largest absolute Gasteiger partial charge is 0.481 e. The van der Waals surface area contributed by atoms with Crippen molar-refractivity contribution in [1.29, 1.82) is 0 Å². The van der Waals surface area contributed by atoms with Gasteiger partial charge in [-0.05, 0) is 26.0 Å². The molecule has 2 amide bonds. The van der Waals surface area contributed by atoms with Crippen LogP contribution < -0.4 is 10.6 Å². The molecule has 0 saturated carbocycles. The molecule has 7 heteroatoms. The van der Waals surface area contributed by atoms with Crippen LogP contribution in [0.4, 0.5) is 14.9 Å². The van der Waals surface area contributed by atoms with Crippen molar-refractivity contribution in [3.05, 3.63) is 29.6 Å². The number of hydrogen-bond acceptors (Lipinski definition) is 3. The van der Waals surface area contributed by atoms with Gasteiger partial charge in [-0.25, -0.2) is 9.18 Å². The fraction of sp³-hybridized carbons (Fsp3) is 0.385. The van der Waals surface area contributed by atoms with Gasteiger partial charge in [0.1, 0.15) is 5.82 Å². The predicted octanol–water partition coefficient (Wildman–Crippen LogP) is 1.48. The maximum Gasteiger partial charge on any atom is 0.319 e. The molecule has 0 aromatic heterocycles. The number of carboxylic acids is 1. The summed E-state index contributed by atoms with van der Waals surface area (Å²) in [5.41, 5.74) is -0.958. The lowest BCUT2D eigenvalue weighted by atomic mass is 10.0. The van der Waals surface area contributed by atoms with Crippen molar-refractivity contribution < 1.29 is 24.2 Å².